The summed E-state index contributed by atoms with van der Waals surface area (Å²) in [5.41, 5.74) is 4.48. The number of nitrogens with zero attached hydrogens (tertiary/aromatic N) is 1. The summed E-state index contributed by atoms with van der Waals surface area (Å²) in [4.78, 5) is -0.561. The van der Waals surface area contributed by atoms with Crippen LogP contribution in [0.4, 0.5) is 14.5 Å². The van der Waals surface area contributed by atoms with E-state index in [1.807, 2.05) is 13.8 Å². The van der Waals surface area contributed by atoms with Crippen molar-refractivity contribution in [1.82, 2.24) is 4.31 Å². The summed E-state index contributed by atoms with van der Waals surface area (Å²) in [7, 11) is -4.00. The second-order valence-electron chi connectivity index (χ2n) is 4.88. The number of benzene rings is 1. The van der Waals surface area contributed by atoms with Gasteiger partial charge in [0.05, 0.1) is 0 Å². The van der Waals surface area contributed by atoms with Crippen molar-refractivity contribution in [2.45, 2.75) is 44.4 Å². The van der Waals surface area contributed by atoms with Gasteiger partial charge in [-0.25, -0.2) is 17.2 Å². The molecule has 0 atom stereocenters. The van der Waals surface area contributed by atoms with Gasteiger partial charge in [-0.2, -0.15) is 4.31 Å². The average molecular weight is 320 g/mol. The summed E-state index contributed by atoms with van der Waals surface area (Å²) in [6.07, 6.45) is 3.01. The van der Waals surface area contributed by atoms with Crippen molar-refractivity contribution in [3.05, 3.63) is 23.8 Å². The molecule has 0 aliphatic rings. The van der Waals surface area contributed by atoms with E-state index in [2.05, 4.69) is 0 Å². The monoisotopic (exact) mass is 320 g/mol. The SMILES string of the molecule is CCCCN(CCCC)S(=O)(=O)c1ccc(F)c(N)c1F. The zero-order valence-corrected chi connectivity index (χ0v) is 13.2. The molecule has 7 heteroatoms. The lowest BCUT2D eigenvalue weighted by atomic mass is 10.3. The topological polar surface area (TPSA) is 63.4 Å². The molecule has 0 aromatic heterocycles. The van der Waals surface area contributed by atoms with Gasteiger partial charge in [0.25, 0.3) is 0 Å². The highest BCUT2D eigenvalue weighted by atomic mass is 32.2. The van der Waals surface area contributed by atoms with Gasteiger partial charge in [0.2, 0.25) is 10.0 Å². The van der Waals surface area contributed by atoms with Gasteiger partial charge in [0.1, 0.15) is 16.4 Å². The van der Waals surface area contributed by atoms with Gasteiger partial charge in [-0.3, -0.25) is 0 Å². The summed E-state index contributed by atoms with van der Waals surface area (Å²) in [5, 5.41) is 0. The molecule has 0 amide bonds. The van der Waals surface area contributed by atoms with Crippen LogP contribution in [0.25, 0.3) is 0 Å². The normalized spacial score (nSPS) is 12.0. The molecular formula is C14H22F2N2O2S. The Bertz CT molecular complexity index is 569. The second kappa shape index (κ2) is 7.70. The molecule has 0 aliphatic heterocycles. The van der Waals surface area contributed by atoms with Crippen molar-refractivity contribution in [3.8, 4) is 0 Å². The minimum Gasteiger partial charge on any atom is -0.394 e. The van der Waals surface area contributed by atoms with Crippen LogP contribution in [0.5, 0.6) is 0 Å². The molecule has 2 N–H and O–H groups in total. The molecule has 0 heterocycles. The van der Waals surface area contributed by atoms with Gasteiger partial charge in [-0.05, 0) is 25.0 Å². The Kier molecular flexibility index (Phi) is 6.54. The third-order valence-electron chi connectivity index (χ3n) is 3.23. The van der Waals surface area contributed by atoms with Crippen LogP contribution < -0.4 is 5.73 Å². The third-order valence-corrected chi connectivity index (χ3v) is 5.15. The fourth-order valence-corrected chi connectivity index (χ4v) is 3.50. The van der Waals surface area contributed by atoms with E-state index in [0.29, 0.717) is 25.9 Å². The van der Waals surface area contributed by atoms with Crippen LogP contribution in [-0.4, -0.2) is 25.8 Å². The Morgan fingerprint density at radius 2 is 1.62 bits per heavy atom. The lowest BCUT2D eigenvalue weighted by molar-refractivity contribution is 0.392. The van der Waals surface area contributed by atoms with Crippen molar-refractivity contribution in [2.75, 3.05) is 18.8 Å². The summed E-state index contributed by atoms with van der Waals surface area (Å²) >= 11 is 0. The Balaban J connectivity index is 3.18. The standard InChI is InChI=1S/C14H22F2N2O2S/c1-3-5-9-18(10-6-4-2)21(19,20)12-8-7-11(15)14(17)13(12)16/h7-8H,3-6,9-10,17H2,1-2H3. The van der Waals surface area contributed by atoms with E-state index in [4.69, 9.17) is 5.73 Å². The van der Waals surface area contributed by atoms with Gasteiger partial charge < -0.3 is 5.73 Å². The number of nitrogens with two attached hydrogens (primary N) is 1. The maximum absolute atomic E-state index is 14.0. The van der Waals surface area contributed by atoms with Crippen LogP contribution in [0.1, 0.15) is 39.5 Å². The number of anilines is 1. The Morgan fingerprint density at radius 1 is 1.10 bits per heavy atom. The van der Waals surface area contributed by atoms with Crippen LogP contribution >= 0.6 is 0 Å². The van der Waals surface area contributed by atoms with Crippen molar-refractivity contribution < 1.29 is 17.2 Å². The minimum atomic E-state index is -4.00. The van der Waals surface area contributed by atoms with Crippen molar-refractivity contribution >= 4 is 15.7 Å². The largest absolute Gasteiger partial charge is 0.394 e. The van der Waals surface area contributed by atoms with E-state index in [9.17, 15) is 17.2 Å². The molecule has 0 saturated carbocycles. The first kappa shape index (κ1) is 17.8. The zero-order chi connectivity index (χ0) is 16.0. The highest BCUT2D eigenvalue weighted by molar-refractivity contribution is 7.89. The summed E-state index contributed by atoms with van der Waals surface area (Å²) in [5.74, 6) is -2.17. The number of hydrogen-bond acceptors (Lipinski definition) is 3. The molecule has 120 valence electrons. The average Bonchev–Trinajstić information content (AvgIpc) is 2.44. The van der Waals surface area contributed by atoms with E-state index in [-0.39, 0.29) is 0 Å². The van der Waals surface area contributed by atoms with E-state index in [0.717, 1.165) is 25.0 Å². The fraction of sp³-hybridized carbons (Fsp3) is 0.571. The maximum Gasteiger partial charge on any atom is 0.246 e. The van der Waals surface area contributed by atoms with E-state index >= 15 is 0 Å². The van der Waals surface area contributed by atoms with Gasteiger partial charge in [0, 0.05) is 13.1 Å². The Labute approximate surface area is 125 Å². The molecule has 1 aromatic carbocycles. The molecule has 0 spiro atoms. The molecule has 1 aromatic rings. The molecule has 0 fully saturated rings. The minimum absolute atomic E-state index is 0.315. The number of sulfonamides is 1. The maximum atomic E-state index is 14.0. The lowest BCUT2D eigenvalue weighted by Gasteiger charge is -2.22. The summed E-state index contributed by atoms with van der Waals surface area (Å²) in [6, 6.07) is 1.81. The van der Waals surface area contributed by atoms with Crippen LogP contribution in [0.15, 0.2) is 17.0 Å². The number of rotatable bonds is 8. The Hall–Kier alpha value is -1.21. The van der Waals surface area contributed by atoms with Gasteiger partial charge in [0.15, 0.2) is 5.82 Å². The number of halogens is 2. The first-order chi connectivity index (χ1) is 9.86. The zero-order valence-electron chi connectivity index (χ0n) is 12.4. The van der Waals surface area contributed by atoms with Gasteiger partial charge >= 0.3 is 0 Å². The number of unbranched alkanes of at least 4 members (excludes halogenated alkanes) is 2. The molecule has 4 nitrogen and oxygen atoms in total. The van der Waals surface area contributed by atoms with Gasteiger partial charge in [-0.1, -0.05) is 26.7 Å². The highest BCUT2D eigenvalue weighted by Gasteiger charge is 2.28. The smallest absolute Gasteiger partial charge is 0.246 e. The van der Waals surface area contributed by atoms with E-state index in [1.165, 1.54) is 4.31 Å². The lowest BCUT2D eigenvalue weighted by Crippen LogP contribution is -2.33. The third kappa shape index (κ3) is 4.14. The predicted molar refractivity (Wildman–Crippen MR) is 79.3 cm³/mol. The molecular weight excluding hydrogens is 298 g/mol. The second-order valence-corrected chi connectivity index (χ2v) is 6.79. The summed E-state index contributed by atoms with van der Waals surface area (Å²) < 4.78 is 53.5. The molecule has 1 rings (SSSR count). The van der Waals surface area contributed by atoms with E-state index < -0.39 is 32.2 Å². The van der Waals surface area contributed by atoms with E-state index in [1.54, 1.807) is 0 Å². The van der Waals surface area contributed by atoms with Crippen LogP contribution in [0.3, 0.4) is 0 Å². The number of nitrogen functional groups attached to an aromatic ring is 1. The van der Waals surface area contributed by atoms with Crippen molar-refractivity contribution in [2.24, 2.45) is 0 Å². The molecule has 0 radical (unpaired) electrons. The van der Waals surface area contributed by atoms with Crippen LogP contribution in [-0.2, 0) is 10.0 Å². The quantitative estimate of drug-likeness (QED) is 0.748. The van der Waals surface area contributed by atoms with Crippen LogP contribution in [0, 0.1) is 11.6 Å². The molecule has 21 heavy (non-hydrogen) atoms. The number of hydrogen-bond donors (Lipinski definition) is 1. The highest BCUT2D eigenvalue weighted by Crippen LogP contribution is 2.26. The van der Waals surface area contributed by atoms with Crippen LogP contribution in [0.2, 0.25) is 0 Å². The molecule has 0 aliphatic carbocycles. The van der Waals surface area contributed by atoms with Crippen molar-refractivity contribution in [1.29, 1.82) is 0 Å². The Morgan fingerprint density at radius 3 is 2.10 bits per heavy atom. The summed E-state index contributed by atoms with van der Waals surface area (Å²) in [6.45, 7) is 4.52. The van der Waals surface area contributed by atoms with Gasteiger partial charge in [-0.15, -0.1) is 0 Å². The fourth-order valence-electron chi connectivity index (χ4n) is 1.91. The predicted octanol–water partition coefficient (Wildman–Crippen LogP) is 3.14. The molecule has 0 saturated heterocycles. The first-order valence-electron chi connectivity index (χ1n) is 7.09. The molecule has 0 bridgehead atoms. The molecule has 0 unspecified atom stereocenters. The van der Waals surface area contributed by atoms with Crippen molar-refractivity contribution in [3.63, 3.8) is 0 Å². The first-order valence-corrected chi connectivity index (χ1v) is 8.53.